The van der Waals surface area contributed by atoms with Gasteiger partial charge in [-0.3, -0.25) is 10.2 Å². The molecule has 1 aliphatic heterocycles. The summed E-state index contributed by atoms with van der Waals surface area (Å²) in [6.07, 6.45) is 3.84. The maximum Gasteiger partial charge on any atom is 0.254 e. The molecule has 1 heterocycles. The molecule has 1 saturated heterocycles. The lowest BCUT2D eigenvalue weighted by atomic mass is 9.91. The van der Waals surface area contributed by atoms with Crippen LogP contribution in [-0.4, -0.2) is 18.0 Å². The molecule has 4 N–H and O–H groups in total. The fourth-order valence-electron chi connectivity index (χ4n) is 1.89. The number of hydrazine groups is 1. The van der Waals surface area contributed by atoms with Gasteiger partial charge in [0.2, 0.25) is 0 Å². The van der Waals surface area contributed by atoms with Gasteiger partial charge in [0.1, 0.15) is 0 Å². The van der Waals surface area contributed by atoms with Crippen molar-refractivity contribution >= 4 is 5.91 Å². The average Bonchev–Trinajstić information content (AvgIpc) is 2.53. The molecule has 0 aromatic rings. The first-order valence-electron chi connectivity index (χ1n) is 4.51. The largest absolute Gasteiger partial charge is 0.303 e. The molecule has 1 fully saturated rings. The first kappa shape index (κ1) is 9.48. The standard InChI is InChI=1S/C8H17N3O/c1-2-4-8(7(12)11-9)5-3-6-10-8/h10H,2-6,9H2,1H3,(H,11,12). The zero-order valence-corrected chi connectivity index (χ0v) is 7.52. The Morgan fingerprint density at radius 3 is 2.92 bits per heavy atom. The Morgan fingerprint density at radius 1 is 1.75 bits per heavy atom. The minimum Gasteiger partial charge on any atom is -0.303 e. The topological polar surface area (TPSA) is 67.2 Å². The van der Waals surface area contributed by atoms with Crippen molar-refractivity contribution in [2.45, 2.75) is 38.1 Å². The van der Waals surface area contributed by atoms with E-state index in [2.05, 4.69) is 17.7 Å². The summed E-state index contributed by atoms with van der Waals surface area (Å²) >= 11 is 0. The van der Waals surface area contributed by atoms with Gasteiger partial charge in [0, 0.05) is 0 Å². The lowest BCUT2D eigenvalue weighted by molar-refractivity contribution is -0.127. The molecule has 0 bridgehead atoms. The molecule has 0 saturated carbocycles. The van der Waals surface area contributed by atoms with Crippen molar-refractivity contribution in [2.24, 2.45) is 5.84 Å². The van der Waals surface area contributed by atoms with E-state index in [-0.39, 0.29) is 11.4 Å². The van der Waals surface area contributed by atoms with E-state index in [1.807, 2.05) is 0 Å². The molecule has 1 rings (SSSR count). The highest BCUT2D eigenvalue weighted by atomic mass is 16.2. The first-order chi connectivity index (χ1) is 5.75. The van der Waals surface area contributed by atoms with Gasteiger partial charge in [-0.05, 0) is 25.8 Å². The van der Waals surface area contributed by atoms with E-state index in [4.69, 9.17) is 5.84 Å². The van der Waals surface area contributed by atoms with E-state index in [0.29, 0.717) is 0 Å². The van der Waals surface area contributed by atoms with E-state index in [1.165, 1.54) is 0 Å². The molecule has 1 amide bonds. The van der Waals surface area contributed by atoms with E-state index in [9.17, 15) is 4.79 Å². The van der Waals surface area contributed by atoms with Crippen LogP contribution in [0.1, 0.15) is 32.6 Å². The Hall–Kier alpha value is -0.610. The Balaban J connectivity index is 2.64. The molecule has 0 aromatic heterocycles. The fraction of sp³-hybridized carbons (Fsp3) is 0.875. The Kier molecular flexibility index (Phi) is 3.05. The molecule has 4 heteroatoms. The summed E-state index contributed by atoms with van der Waals surface area (Å²) in [6, 6.07) is 0. The predicted molar refractivity (Wildman–Crippen MR) is 47.2 cm³/mol. The zero-order valence-electron chi connectivity index (χ0n) is 7.52. The number of carbonyl (C=O) groups is 1. The van der Waals surface area contributed by atoms with Gasteiger partial charge in [-0.1, -0.05) is 13.3 Å². The predicted octanol–water partition coefficient (Wildman–Crippen LogP) is -0.101. The molecule has 0 spiro atoms. The summed E-state index contributed by atoms with van der Waals surface area (Å²) in [5.74, 6) is 5.06. The van der Waals surface area contributed by atoms with Crippen LogP contribution >= 0.6 is 0 Å². The lowest BCUT2D eigenvalue weighted by Gasteiger charge is -2.26. The maximum absolute atomic E-state index is 11.4. The SMILES string of the molecule is CCCC1(C(=O)NN)CCCN1. The van der Waals surface area contributed by atoms with Gasteiger partial charge in [0.05, 0.1) is 5.54 Å². The summed E-state index contributed by atoms with van der Waals surface area (Å²) in [5.41, 5.74) is 1.86. The van der Waals surface area contributed by atoms with E-state index in [1.54, 1.807) is 0 Å². The lowest BCUT2D eigenvalue weighted by Crippen LogP contribution is -2.55. The van der Waals surface area contributed by atoms with Gasteiger partial charge in [-0.15, -0.1) is 0 Å². The molecular weight excluding hydrogens is 154 g/mol. The zero-order chi connectivity index (χ0) is 9.03. The maximum atomic E-state index is 11.4. The number of hydrogen-bond donors (Lipinski definition) is 3. The monoisotopic (exact) mass is 171 g/mol. The molecule has 4 nitrogen and oxygen atoms in total. The number of nitrogens with two attached hydrogens (primary N) is 1. The van der Waals surface area contributed by atoms with Crippen LogP contribution in [0.5, 0.6) is 0 Å². The summed E-state index contributed by atoms with van der Waals surface area (Å²) in [6.45, 7) is 3.00. The number of nitrogens with one attached hydrogen (secondary N) is 2. The van der Waals surface area contributed by atoms with Crippen molar-refractivity contribution in [3.05, 3.63) is 0 Å². The fourth-order valence-corrected chi connectivity index (χ4v) is 1.89. The minimum atomic E-state index is -0.372. The molecule has 0 aromatic carbocycles. The van der Waals surface area contributed by atoms with Gasteiger partial charge >= 0.3 is 0 Å². The van der Waals surface area contributed by atoms with Gasteiger partial charge < -0.3 is 5.32 Å². The van der Waals surface area contributed by atoms with Gasteiger partial charge in [0.25, 0.3) is 5.91 Å². The van der Waals surface area contributed by atoms with E-state index in [0.717, 1.165) is 32.2 Å². The highest BCUT2D eigenvalue weighted by Crippen LogP contribution is 2.24. The Bertz CT molecular complexity index is 164. The van der Waals surface area contributed by atoms with Crippen LogP contribution < -0.4 is 16.6 Å². The van der Waals surface area contributed by atoms with Crippen LogP contribution in [0.2, 0.25) is 0 Å². The summed E-state index contributed by atoms with van der Waals surface area (Å²) in [7, 11) is 0. The minimum absolute atomic E-state index is 0.0677. The van der Waals surface area contributed by atoms with Crippen LogP contribution in [0.25, 0.3) is 0 Å². The number of amides is 1. The number of hydrogen-bond acceptors (Lipinski definition) is 3. The van der Waals surface area contributed by atoms with Crippen molar-refractivity contribution in [3.63, 3.8) is 0 Å². The summed E-state index contributed by atoms with van der Waals surface area (Å²) < 4.78 is 0. The number of rotatable bonds is 3. The molecule has 0 radical (unpaired) electrons. The second-order valence-corrected chi connectivity index (χ2v) is 3.34. The molecule has 1 unspecified atom stereocenters. The van der Waals surface area contributed by atoms with E-state index >= 15 is 0 Å². The summed E-state index contributed by atoms with van der Waals surface area (Å²) in [4.78, 5) is 11.4. The van der Waals surface area contributed by atoms with Gasteiger partial charge in [-0.25, -0.2) is 5.84 Å². The second-order valence-electron chi connectivity index (χ2n) is 3.34. The molecule has 70 valence electrons. The normalized spacial score (nSPS) is 28.8. The third-order valence-electron chi connectivity index (χ3n) is 2.49. The van der Waals surface area contributed by atoms with Crippen LogP contribution in [0.3, 0.4) is 0 Å². The van der Waals surface area contributed by atoms with Crippen molar-refractivity contribution in [1.82, 2.24) is 10.7 Å². The first-order valence-corrected chi connectivity index (χ1v) is 4.51. The number of carbonyl (C=O) groups excluding carboxylic acids is 1. The third kappa shape index (κ3) is 1.59. The quantitative estimate of drug-likeness (QED) is 0.315. The molecular formula is C8H17N3O. The smallest absolute Gasteiger partial charge is 0.254 e. The van der Waals surface area contributed by atoms with Crippen molar-refractivity contribution in [2.75, 3.05) is 6.54 Å². The second kappa shape index (κ2) is 3.87. The van der Waals surface area contributed by atoms with Crippen molar-refractivity contribution < 1.29 is 4.79 Å². The summed E-state index contributed by atoms with van der Waals surface area (Å²) in [5, 5.41) is 3.23. The van der Waals surface area contributed by atoms with Gasteiger partial charge in [0.15, 0.2) is 0 Å². The molecule has 1 atom stereocenters. The third-order valence-corrected chi connectivity index (χ3v) is 2.49. The average molecular weight is 171 g/mol. The van der Waals surface area contributed by atoms with Crippen LogP contribution in [0, 0.1) is 0 Å². The highest BCUT2D eigenvalue weighted by molar-refractivity contribution is 5.86. The van der Waals surface area contributed by atoms with Crippen molar-refractivity contribution in [1.29, 1.82) is 0 Å². The Morgan fingerprint density at radius 2 is 2.50 bits per heavy atom. The highest BCUT2D eigenvalue weighted by Gasteiger charge is 2.39. The van der Waals surface area contributed by atoms with Crippen LogP contribution in [0.15, 0.2) is 0 Å². The van der Waals surface area contributed by atoms with Crippen molar-refractivity contribution in [3.8, 4) is 0 Å². The van der Waals surface area contributed by atoms with Crippen LogP contribution in [0.4, 0.5) is 0 Å². The van der Waals surface area contributed by atoms with Gasteiger partial charge in [-0.2, -0.15) is 0 Å². The Labute approximate surface area is 72.9 Å². The molecule has 12 heavy (non-hydrogen) atoms. The molecule has 0 aliphatic carbocycles. The van der Waals surface area contributed by atoms with Crippen LogP contribution in [-0.2, 0) is 4.79 Å². The molecule has 1 aliphatic rings. The van der Waals surface area contributed by atoms with E-state index < -0.39 is 0 Å².